The Hall–Kier alpha value is -0.870. The number of hydrogen-bond acceptors (Lipinski definition) is 3. The van der Waals surface area contributed by atoms with E-state index in [2.05, 4.69) is 19.9 Å². The lowest BCUT2D eigenvalue weighted by Gasteiger charge is -2.17. The van der Waals surface area contributed by atoms with Crippen molar-refractivity contribution in [3.05, 3.63) is 11.6 Å². The van der Waals surface area contributed by atoms with Crippen LogP contribution in [0.4, 0.5) is 0 Å². The molecule has 0 bridgehead atoms. The second kappa shape index (κ2) is 15.0. The number of aliphatic hydroxyl groups is 2. The van der Waals surface area contributed by atoms with E-state index in [4.69, 9.17) is 0 Å². The van der Waals surface area contributed by atoms with Crippen LogP contribution < -0.4 is 0 Å². The summed E-state index contributed by atoms with van der Waals surface area (Å²) in [5.74, 6) is -0.609. The lowest BCUT2D eigenvalue weighted by atomic mass is 9.91. The summed E-state index contributed by atoms with van der Waals surface area (Å²) < 4.78 is 0. The normalized spacial score (nSPS) is 23.2. The maximum absolute atomic E-state index is 11.3. The SMILES string of the molecule is CCCCCC(O)CC=C1CC[C@H](O)[C@@H]1CCCCCC(CCCC)C(=O)O. The highest BCUT2D eigenvalue weighted by Crippen LogP contribution is 2.36. The van der Waals surface area contributed by atoms with Crippen LogP contribution in [0.1, 0.15) is 110 Å². The Morgan fingerprint density at radius 1 is 1.04 bits per heavy atom. The second-order valence-electron chi connectivity index (χ2n) is 8.69. The molecular formula is C24H44O4. The van der Waals surface area contributed by atoms with Gasteiger partial charge in [0.15, 0.2) is 0 Å². The van der Waals surface area contributed by atoms with E-state index in [-0.39, 0.29) is 24.0 Å². The van der Waals surface area contributed by atoms with E-state index < -0.39 is 5.97 Å². The minimum Gasteiger partial charge on any atom is -0.481 e. The van der Waals surface area contributed by atoms with Gasteiger partial charge in [0, 0.05) is 5.92 Å². The molecule has 0 aromatic rings. The highest BCUT2D eigenvalue weighted by Gasteiger charge is 2.29. The third kappa shape index (κ3) is 10.1. The van der Waals surface area contributed by atoms with Gasteiger partial charge in [-0.1, -0.05) is 76.9 Å². The van der Waals surface area contributed by atoms with Crippen molar-refractivity contribution in [3.8, 4) is 0 Å². The van der Waals surface area contributed by atoms with Crippen molar-refractivity contribution in [1.82, 2.24) is 0 Å². The third-order valence-corrected chi connectivity index (χ3v) is 6.29. The van der Waals surface area contributed by atoms with Crippen LogP contribution >= 0.6 is 0 Å². The topological polar surface area (TPSA) is 77.8 Å². The minimum atomic E-state index is -0.651. The van der Waals surface area contributed by atoms with Gasteiger partial charge in [0.2, 0.25) is 0 Å². The molecule has 0 aromatic heterocycles. The van der Waals surface area contributed by atoms with Gasteiger partial charge in [-0.2, -0.15) is 0 Å². The van der Waals surface area contributed by atoms with Gasteiger partial charge in [0.05, 0.1) is 18.1 Å². The predicted octanol–water partition coefficient (Wildman–Crippen LogP) is 5.86. The number of carbonyl (C=O) groups is 1. The summed E-state index contributed by atoms with van der Waals surface area (Å²) >= 11 is 0. The standard InChI is InChI=1S/C24H44O4/c1-3-5-8-13-21(25)17-15-19-16-18-23(26)22(19)14-10-7-9-12-20(24(27)28)11-6-4-2/h15,20-23,25-26H,3-14,16-18H2,1-2H3,(H,27,28)/t20?,21?,22-,23+/m1/s1. The molecule has 28 heavy (non-hydrogen) atoms. The van der Waals surface area contributed by atoms with E-state index in [1.807, 2.05) is 0 Å². The summed E-state index contributed by atoms with van der Waals surface area (Å²) in [4.78, 5) is 11.3. The van der Waals surface area contributed by atoms with Crippen molar-refractivity contribution < 1.29 is 20.1 Å². The maximum atomic E-state index is 11.3. The smallest absolute Gasteiger partial charge is 0.306 e. The molecule has 0 saturated heterocycles. The first-order valence-electron chi connectivity index (χ1n) is 11.8. The summed E-state index contributed by atoms with van der Waals surface area (Å²) in [7, 11) is 0. The summed E-state index contributed by atoms with van der Waals surface area (Å²) in [5, 5.41) is 29.8. The average molecular weight is 397 g/mol. The Morgan fingerprint density at radius 3 is 2.39 bits per heavy atom. The summed E-state index contributed by atoms with van der Waals surface area (Å²) in [6.07, 6.45) is 16.1. The molecule has 0 aliphatic heterocycles. The monoisotopic (exact) mass is 396 g/mol. The average Bonchev–Trinajstić information content (AvgIpc) is 3.02. The molecule has 0 heterocycles. The van der Waals surface area contributed by atoms with Crippen LogP contribution in [0.15, 0.2) is 11.6 Å². The van der Waals surface area contributed by atoms with Crippen LogP contribution in [-0.4, -0.2) is 33.5 Å². The summed E-state index contributed by atoms with van der Waals surface area (Å²) in [5.41, 5.74) is 1.33. The zero-order valence-electron chi connectivity index (χ0n) is 18.2. The molecule has 1 saturated carbocycles. The molecule has 4 nitrogen and oxygen atoms in total. The number of rotatable bonds is 16. The fourth-order valence-electron chi connectivity index (χ4n) is 4.39. The molecule has 0 aromatic carbocycles. The Bertz CT molecular complexity index is 446. The third-order valence-electron chi connectivity index (χ3n) is 6.29. The zero-order chi connectivity index (χ0) is 20.8. The van der Waals surface area contributed by atoms with E-state index in [9.17, 15) is 20.1 Å². The zero-order valence-corrected chi connectivity index (χ0v) is 18.2. The highest BCUT2D eigenvalue weighted by atomic mass is 16.4. The predicted molar refractivity (Wildman–Crippen MR) is 115 cm³/mol. The van der Waals surface area contributed by atoms with Crippen molar-refractivity contribution >= 4 is 5.97 Å². The molecule has 0 spiro atoms. The van der Waals surface area contributed by atoms with E-state index in [1.165, 1.54) is 18.4 Å². The maximum Gasteiger partial charge on any atom is 0.306 e. The van der Waals surface area contributed by atoms with E-state index in [1.54, 1.807) is 0 Å². The molecule has 0 radical (unpaired) electrons. The van der Waals surface area contributed by atoms with Crippen LogP contribution in [0, 0.1) is 11.8 Å². The first-order chi connectivity index (χ1) is 13.5. The van der Waals surface area contributed by atoms with Crippen molar-refractivity contribution in [3.63, 3.8) is 0 Å². The number of aliphatic carboxylic acids is 1. The van der Waals surface area contributed by atoms with Gasteiger partial charge in [-0.15, -0.1) is 0 Å². The van der Waals surface area contributed by atoms with Crippen molar-refractivity contribution in [1.29, 1.82) is 0 Å². The fraction of sp³-hybridized carbons (Fsp3) is 0.875. The molecule has 2 unspecified atom stereocenters. The van der Waals surface area contributed by atoms with Crippen LogP contribution in [-0.2, 0) is 4.79 Å². The molecule has 1 aliphatic carbocycles. The van der Waals surface area contributed by atoms with Crippen molar-refractivity contribution in [2.75, 3.05) is 0 Å². The summed E-state index contributed by atoms with van der Waals surface area (Å²) in [6, 6.07) is 0. The first kappa shape index (κ1) is 25.2. The Morgan fingerprint density at radius 2 is 1.71 bits per heavy atom. The molecular weight excluding hydrogens is 352 g/mol. The molecule has 4 atom stereocenters. The van der Waals surface area contributed by atoms with E-state index >= 15 is 0 Å². The highest BCUT2D eigenvalue weighted by molar-refractivity contribution is 5.69. The van der Waals surface area contributed by atoms with Gasteiger partial charge in [0.25, 0.3) is 0 Å². The van der Waals surface area contributed by atoms with Crippen molar-refractivity contribution in [2.45, 2.75) is 122 Å². The van der Waals surface area contributed by atoms with Gasteiger partial charge in [0.1, 0.15) is 0 Å². The first-order valence-corrected chi connectivity index (χ1v) is 11.8. The number of carboxylic acid groups (broad SMARTS) is 1. The Balaban J connectivity index is 2.32. The number of unbranched alkanes of at least 4 members (excludes halogenated alkanes) is 5. The quantitative estimate of drug-likeness (QED) is 0.226. The van der Waals surface area contributed by atoms with Gasteiger partial charge in [-0.05, 0) is 44.9 Å². The van der Waals surface area contributed by atoms with Crippen LogP contribution in [0.2, 0.25) is 0 Å². The number of carboxylic acids is 1. The number of aliphatic hydroxyl groups excluding tert-OH is 2. The molecule has 3 N–H and O–H groups in total. The minimum absolute atomic E-state index is 0.193. The molecule has 1 aliphatic rings. The lowest BCUT2D eigenvalue weighted by molar-refractivity contribution is -0.142. The number of hydrogen-bond donors (Lipinski definition) is 3. The fourth-order valence-corrected chi connectivity index (χ4v) is 4.39. The van der Waals surface area contributed by atoms with Crippen LogP contribution in [0.5, 0.6) is 0 Å². The molecule has 164 valence electrons. The Kier molecular flexibility index (Phi) is 13.5. The van der Waals surface area contributed by atoms with Gasteiger partial charge < -0.3 is 15.3 Å². The van der Waals surface area contributed by atoms with E-state index in [0.717, 1.165) is 77.0 Å². The molecule has 4 heteroatoms. The Labute approximate surface area is 172 Å². The van der Waals surface area contributed by atoms with Crippen LogP contribution in [0.3, 0.4) is 0 Å². The van der Waals surface area contributed by atoms with Crippen molar-refractivity contribution in [2.24, 2.45) is 11.8 Å². The van der Waals surface area contributed by atoms with E-state index in [0.29, 0.717) is 6.42 Å². The summed E-state index contributed by atoms with van der Waals surface area (Å²) in [6.45, 7) is 4.27. The van der Waals surface area contributed by atoms with Crippen LogP contribution in [0.25, 0.3) is 0 Å². The second-order valence-corrected chi connectivity index (χ2v) is 8.69. The molecule has 1 fully saturated rings. The largest absolute Gasteiger partial charge is 0.481 e. The van der Waals surface area contributed by atoms with Gasteiger partial charge in [-0.3, -0.25) is 4.79 Å². The molecule has 0 amide bonds. The lowest BCUT2D eigenvalue weighted by Crippen LogP contribution is -2.15. The molecule has 1 rings (SSSR count). The van der Waals surface area contributed by atoms with Gasteiger partial charge in [-0.25, -0.2) is 0 Å². The van der Waals surface area contributed by atoms with Gasteiger partial charge >= 0.3 is 5.97 Å².